The molecule has 3 rings (SSSR count). The van der Waals surface area contributed by atoms with Gasteiger partial charge in [0.05, 0.1) is 10.2 Å². The Balaban J connectivity index is 1.83. The second-order valence-electron chi connectivity index (χ2n) is 5.78. The summed E-state index contributed by atoms with van der Waals surface area (Å²) < 4.78 is 0.926. The fourth-order valence-corrected chi connectivity index (χ4v) is 3.51. The van der Waals surface area contributed by atoms with Crippen molar-refractivity contribution in [2.75, 3.05) is 10.6 Å². The highest BCUT2D eigenvalue weighted by atomic mass is 32.1. The molecule has 0 aliphatic carbocycles. The molecule has 128 valence electrons. The Kier molecular flexibility index (Phi) is 5.09. The van der Waals surface area contributed by atoms with Crippen LogP contribution in [0.4, 0.5) is 10.8 Å². The zero-order valence-corrected chi connectivity index (χ0v) is 14.9. The number of carbonyl (C=O) groups is 2. The standard InChI is InChI=1S/C19H19N3O2S/c1-3-7-16(23)20-14-10-12(2)17-15(11-14)25-19(21-17)22-18(24)13-8-5-4-6-9-13/h4-6,8-11H,3,7H2,1-2H3,(H,20,23)(H,21,22,24). The van der Waals surface area contributed by atoms with Gasteiger partial charge in [0.2, 0.25) is 5.91 Å². The molecule has 0 spiro atoms. The monoisotopic (exact) mass is 353 g/mol. The van der Waals surface area contributed by atoms with Gasteiger partial charge in [-0.25, -0.2) is 4.98 Å². The molecule has 0 aliphatic rings. The summed E-state index contributed by atoms with van der Waals surface area (Å²) in [4.78, 5) is 28.6. The smallest absolute Gasteiger partial charge is 0.257 e. The SMILES string of the molecule is CCCC(=O)Nc1cc(C)c2nc(NC(=O)c3ccccc3)sc2c1. The van der Waals surface area contributed by atoms with Crippen molar-refractivity contribution in [3.05, 3.63) is 53.6 Å². The lowest BCUT2D eigenvalue weighted by Crippen LogP contribution is -2.11. The molecule has 6 heteroatoms. The van der Waals surface area contributed by atoms with E-state index in [1.54, 1.807) is 12.1 Å². The van der Waals surface area contributed by atoms with Gasteiger partial charge in [0.1, 0.15) is 0 Å². The molecule has 0 bridgehead atoms. The zero-order valence-electron chi connectivity index (χ0n) is 14.1. The van der Waals surface area contributed by atoms with Gasteiger partial charge in [0.25, 0.3) is 5.91 Å². The predicted molar refractivity (Wildman–Crippen MR) is 102 cm³/mol. The fourth-order valence-electron chi connectivity index (χ4n) is 2.53. The first-order valence-electron chi connectivity index (χ1n) is 8.14. The first-order valence-corrected chi connectivity index (χ1v) is 8.96. The maximum atomic E-state index is 12.3. The molecule has 0 radical (unpaired) electrons. The summed E-state index contributed by atoms with van der Waals surface area (Å²) >= 11 is 1.39. The molecule has 2 aromatic carbocycles. The van der Waals surface area contributed by atoms with Gasteiger partial charge < -0.3 is 5.32 Å². The quantitative estimate of drug-likeness (QED) is 0.704. The number of amides is 2. The van der Waals surface area contributed by atoms with Gasteiger partial charge in [-0.05, 0) is 43.2 Å². The van der Waals surface area contributed by atoms with Crippen molar-refractivity contribution < 1.29 is 9.59 Å². The van der Waals surface area contributed by atoms with Gasteiger partial charge in [-0.3, -0.25) is 14.9 Å². The Morgan fingerprint density at radius 2 is 1.88 bits per heavy atom. The number of aryl methyl sites for hydroxylation is 1. The van der Waals surface area contributed by atoms with Crippen molar-refractivity contribution in [3.63, 3.8) is 0 Å². The molecule has 0 fully saturated rings. The van der Waals surface area contributed by atoms with Crippen LogP contribution < -0.4 is 10.6 Å². The number of nitrogens with zero attached hydrogens (tertiary/aromatic N) is 1. The van der Waals surface area contributed by atoms with E-state index in [-0.39, 0.29) is 11.8 Å². The van der Waals surface area contributed by atoms with Crippen molar-refractivity contribution in [2.24, 2.45) is 0 Å². The molecule has 1 aromatic heterocycles. The molecule has 5 nitrogen and oxygen atoms in total. The average Bonchev–Trinajstić information content (AvgIpc) is 2.99. The normalized spacial score (nSPS) is 10.6. The third-order valence-corrected chi connectivity index (χ3v) is 4.62. The van der Waals surface area contributed by atoms with Crippen LogP contribution in [-0.4, -0.2) is 16.8 Å². The summed E-state index contributed by atoms with van der Waals surface area (Å²) in [7, 11) is 0. The minimum absolute atomic E-state index is 0.00312. The topological polar surface area (TPSA) is 71.1 Å². The second-order valence-corrected chi connectivity index (χ2v) is 6.81. The number of carbonyl (C=O) groups excluding carboxylic acids is 2. The van der Waals surface area contributed by atoms with Crippen molar-refractivity contribution in [3.8, 4) is 0 Å². The largest absolute Gasteiger partial charge is 0.326 e. The summed E-state index contributed by atoms with van der Waals surface area (Å²) in [5, 5.41) is 6.29. The van der Waals surface area contributed by atoms with E-state index in [2.05, 4.69) is 15.6 Å². The Bertz CT molecular complexity index is 919. The molecule has 0 saturated carbocycles. The summed E-state index contributed by atoms with van der Waals surface area (Å²) in [6.07, 6.45) is 1.31. The molecule has 2 amide bonds. The van der Waals surface area contributed by atoms with Crippen LogP contribution in [0.15, 0.2) is 42.5 Å². The summed E-state index contributed by atoms with van der Waals surface area (Å²) in [6, 6.07) is 12.8. The lowest BCUT2D eigenvalue weighted by molar-refractivity contribution is -0.116. The Labute approximate surface area is 150 Å². The maximum absolute atomic E-state index is 12.3. The molecule has 25 heavy (non-hydrogen) atoms. The second kappa shape index (κ2) is 7.44. The van der Waals surface area contributed by atoms with E-state index in [0.29, 0.717) is 17.1 Å². The highest BCUT2D eigenvalue weighted by Gasteiger charge is 2.12. The maximum Gasteiger partial charge on any atom is 0.257 e. The number of hydrogen-bond acceptors (Lipinski definition) is 4. The summed E-state index contributed by atoms with van der Waals surface area (Å²) in [5.41, 5.74) is 3.14. The van der Waals surface area contributed by atoms with Crippen LogP contribution in [0.1, 0.15) is 35.7 Å². The molecule has 0 atom stereocenters. The van der Waals surface area contributed by atoms with E-state index < -0.39 is 0 Å². The van der Waals surface area contributed by atoms with E-state index in [1.165, 1.54) is 11.3 Å². The molecule has 2 N–H and O–H groups in total. The van der Waals surface area contributed by atoms with Crippen LogP contribution >= 0.6 is 11.3 Å². The third-order valence-electron chi connectivity index (χ3n) is 3.70. The Hall–Kier alpha value is -2.73. The molecule has 0 saturated heterocycles. The first-order chi connectivity index (χ1) is 12.1. The molecule has 0 aliphatic heterocycles. The van der Waals surface area contributed by atoms with E-state index in [1.807, 2.05) is 44.2 Å². The van der Waals surface area contributed by atoms with Crippen molar-refractivity contribution in [2.45, 2.75) is 26.7 Å². The van der Waals surface area contributed by atoms with Gasteiger partial charge >= 0.3 is 0 Å². The van der Waals surface area contributed by atoms with Crippen LogP contribution in [0.2, 0.25) is 0 Å². The minimum Gasteiger partial charge on any atom is -0.326 e. The third kappa shape index (κ3) is 4.03. The zero-order chi connectivity index (χ0) is 17.8. The highest BCUT2D eigenvalue weighted by molar-refractivity contribution is 7.22. The van der Waals surface area contributed by atoms with Gasteiger partial charge in [0.15, 0.2) is 5.13 Å². The summed E-state index contributed by atoms with van der Waals surface area (Å²) in [5.74, 6) is -0.183. The van der Waals surface area contributed by atoms with Crippen molar-refractivity contribution >= 4 is 44.2 Å². The fraction of sp³-hybridized carbons (Fsp3) is 0.211. The number of anilines is 2. The molecular formula is C19H19N3O2S. The van der Waals surface area contributed by atoms with Gasteiger partial charge in [-0.1, -0.05) is 36.5 Å². The molecule has 3 aromatic rings. The van der Waals surface area contributed by atoms with Crippen LogP contribution in [0.25, 0.3) is 10.2 Å². The number of nitrogens with one attached hydrogen (secondary N) is 2. The van der Waals surface area contributed by atoms with E-state index in [9.17, 15) is 9.59 Å². The Morgan fingerprint density at radius 3 is 2.60 bits per heavy atom. The highest BCUT2D eigenvalue weighted by Crippen LogP contribution is 2.31. The number of benzene rings is 2. The summed E-state index contributed by atoms with van der Waals surface area (Å²) in [6.45, 7) is 3.92. The van der Waals surface area contributed by atoms with Crippen LogP contribution in [-0.2, 0) is 4.79 Å². The van der Waals surface area contributed by atoms with Gasteiger partial charge in [0, 0.05) is 17.7 Å². The van der Waals surface area contributed by atoms with Crippen LogP contribution in [0.3, 0.4) is 0 Å². The van der Waals surface area contributed by atoms with E-state index in [0.717, 1.165) is 27.9 Å². The van der Waals surface area contributed by atoms with E-state index in [4.69, 9.17) is 0 Å². The minimum atomic E-state index is -0.186. The number of aromatic nitrogens is 1. The molecular weight excluding hydrogens is 334 g/mol. The van der Waals surface area contributed by atoms with Crippen molar-refractivity contribution in [1.82, 2.24) is 4.98 Å². The van der Waals surface area contributed by atoms with Gasteiger partial charge in [-0.15, -0.1) is 0 Å². The average molecular weight is 353 g/mol. The lowest BCUT2D eigenvalue weighted by Gasteiger charge is -2.05. The predicted octanol–water partition coefficient (Wildman–Crippen LogP) is 4.60. The lowest BCUT2D eigenvalue weighted by atomic mass is 10.2. The molecule has 0 unspecified atom stereocenters. The number of thiazole rings is 1. The molecule has 1 heterocycles. The van der Waals surface area contributed by atoms with Crippen LogP contribution in [0, 0.1) is 6.92 Å². The van der Waals surface area contributed by atoms with Gasteiger partial charge in [-0.2, -0.15) is 0 Å². The van der Waals surface area contributed by atoms with E-state index >= 15 is 0 Å². The van der Waals surface area contributed by atoms with Crippen molar-refractivity contribution in [1.29, 1.82) is 0 Å². The number of hydrogen-bond donors (Lipinski definition) is 2. The Morgan fingerprint density at radius 1 is 1.12 bits per heavy atom. The first kappa shape index (κ1) is 17.1. The number of fused-ring (bicyclic) bond motifs is 1. The number of rotatable bonds is 5. The van der Waals surface area contributed by atoms with Crippen LogP contribution in [0.5, 0.6) is 0 Å².